The van der Waals surface area contributed by atoms with Crippen molar-refractivity contribution in [2.45, 2.75) is 13.5 Å². The first kappa shape index (κ1) is 21.3. The molecule has 1 amide bonds. The van der Waals surface area contributed by atoms with Crippen molar-refractivity contribution < 1.29 is 4.79 Å². The summed E-state index contributed by atoms with van der Waals surface area (Å²) in [5, 5.41) is 5.82. The number of amides is 1. The minimum Gasteiger partial charge on any atom is -0.367 e. The summed E-state index contributed by atoms with van der Waals surface area (Å²) in [4.78, 5) is 30.2. The lowest BCUT2D eigenvalue weighted by molar-refractivity contribution is -0.132. The Balaban J connectivity index is 1.33. The maximum absolute atomic E-state index is 13.2. The van der Waals surface area contributed by atoms with Crippen LogP contribution in [0, 0.1) is 6.92 Å². The zero-order chi connectivity index (χ0) is 22.9. The maximum atomic E-state index is 13.2. The van der Waals surface area contributed by atoms with Crippen molar-refractivity contribution in [1.29, 1.82) is 0 Å². The number of para-hydroxylation sites is 2. The molecule has 3 heterocycles. The number of carbonyl (C=O) groups excluding carboxylic acids is 1. The molecule has 0 spiro atoms. The second kappa shape index (κ2) is 8.75. The van der Waals surface area contributed by atoms with Gasteiger partial charge in [0.2, 0.25) is 5.91 Å². The number of carbonyl (C=O) groups is 1. The van der Waals surface area contributed by atoms with Gasteiger partial charge in [-0.1, -0.05) is 41.9 Å². The predicted octanol–water partition coefficient (Wildman–Crippen LogP) is 3.50. The fourth-order valence-corrected chi connectivity index (χ4v) is 4.63. The van der Waals surface area contributed by atoms with Crippen LogP contribution >= 0.6 is 11.6 Å². The molecule has 168 valence electrons. The van der Waals surface area contributed by atoms with Gasteiger partial charge in [0.15, 0.2) is 0 Å². The van der Waals surface area contributed by atoms with Crippen LogP contribution in [0.2, 0.25) is 5.02 Å². The molecule has 2 aromatic carbocycles. The Labute approximate surface area is 196 Å². The van der Waals surface area contributed by atoms with E-state index in [1.54, 1.807) is 10.9 Å². The molecule has 0 N–H and O–H groups in total. The van der Waals surface area contributed by atoms with Gasteiger partial charge in [0.25, 0.3) is 5.56 Å². The van der Waals surface area contributed by atoms with Gasteiger partial charge in [-0.3, -0.25) is 9.59 Å². The Hall–Kier alpha value is -3.58. The zero-order valence-electron chi connectivity index (χ0n) is 18.3. The Morgan fingerprint density at radius 3 is 2.39 bits per heavy atom. The molecule has 1 saturated heterocycles. The highest BCUT2D eigenvalue weighted by Gasteiger charge is 2.23. The summed E-state index contributed by atoms with van der Waals surface area (Å²) in [7, 11) is 0. The number of hydrogen-bond acceptors (Lipinski definition) is 4. The molecular weight excluding hydrogens is 438 g/mol. The van der Waals surface area contributed by atoms with Gasteiger partial charge < -0.3 is 14.4 Å². The summed E-state index contributed by atoms with van der Waals surface area (Å²) in [6.07, 6.45) is 1.68. The van der Waals surface area contributed by atoms with Crippen LogP contribution in [0.25, 0.3) is 16.6 Å². The van der Waals surface area contributed by atoms with Gasteiger partial charge in [0.1, 0.15) is 6.54 Å². The highest BCUT2D eigenvalue weighted by molar-refractivity contribution is 6.33. The Bertz CT molecular complexity index is 1370. The number of aromatic nitrogens is 3. The summed E-state index contributed by atoms with van der Waals surface area (Å²) in [6.45, 7) is 4.41. The number of hydrogen-bond donors (Lipinski definition) is 0. The van der Waals surface area contributed by atoms with Gasteiger partial charge in [-0.15, -0.1) is 0 Å². The van der Waals surface area contributed by atoms with E-state index in [2.05, 4.69) is 10.00 Å². The molecule has 4 aromatic rings. The van der Waals surface area contributed by atoms with Gasteiger partial charge in [-0.05, 0) is 37.3 Å². The fourth-order valence-electron chi connectivity index (χ4n) is 4.38. The number of nitrogens with zero attached hydrogens (tertiary/aromatic N) is 5. The standard InChI is InChI=1S/C25H24ClN5O2/c1-18-24-22(31(27-18)19-7-3-2-4-8-19)11-12-30(25(24)33)17-23(32)29-15-13-28(14-16-29)21-10-6-5-9-20(21)26/h2-12H,13-17H2,1H3. The molecule has 0 radical (unpaired) electrons. The highest BCUT2D eigenvalue weighted by atomic mass is 35.5. The van der Waals surface area contributed by atoms with Crippen LogP contribution < -0.4 is 10.5 Å². The Kier molecular flexibility index (Phi) is 5.64. The van der Waals surface area contributed by atoms with Crippen LogP contribution in [0.1, 0.15) is 5.69 Å². The molecule has 0 saturated carbocycles. The number of fused-ring (bicyclic) bond motifs is 1. The Morgan fingerprint density at radius 1 is 0.970 bits per heavy atom. The third-order valence-corrected chi connectivity index (χ3v) is 6.43. The lowest BCUT2D eigenvalue weighted by Crippen LogP contribution is -2.50. The van der Waals surface area contributed by atoms with Crippen LogP contribution in [0.15, 0.2) is 71.7 Å². The molecule has 0 aliphatic carbocycles. The van der Waals surface area contributed by atoms with Crippen LogP contribution in [-0.4, -0.2) is 51.3 Å². The second-order valence-electron chi connectivity index (χ2n) is 8.16. The summed E-state index contributed by atoms with van der Waals surface area (Å²) < 4.78 is 3.25. The van der Waals surface area contributed by atoms with E-state index in [1.165, 1.54) is 4.57 Å². The minimum absolute atomic E-state index is 0.0107. The van der Waals surface area contributed by atoms with E-state index in [9.17, 15) is 9.59 Å². The smallest absolute Gasteiger partial charge is 0.262 e. The van der Waals surface area contributed by atoms with Gasteiger partial charge in [-0.2, -0.15) is 5.10 Å². The Morgan fingerprint density at radius 2 is 1.67 bits per heavy atom. The molecule has 1 aliphatic heterocycles. The molecular formula is C25H24ClN5O2. The average Bonchev–Trinajstić information content (AvgIpc) is 3.19. The van der Waals surface area contributed by atoms with E-state index in [1.807, 2.05) is 72.5 Å². The molecule has 0 atom stereocenters. The topological polar surface area (TPSA) is 63.4 Å². The van der Waals surface area contributed by atoms with Crippen molar-refractivity contribution in [2.75, 3.05) is 31.1 Å². The first-order valence-electron chi connectivity index (χ1n) is 10.9. The van der Waals surface area contributed by atoms with Crippen molar-refractivity contribution in [1.82, 2.24) is 19.2 Å². The van der Waals surface area contributed by atoms with E-state index in [4.69, 9.17) is 11.6 Å². The van der Waals surface area contributed by atoms with E-state index < -0.39 is 0 Å². The normalized spacial score (nSPS) is 14.1. The fraction of sp³-hybridized carbons (Fsp3) is 0.240. The molecule has 8 heteroatoms. The van der Waals surface area contributed by atoms with E-state index >= 15 is 0 Å². The van der Waals surface area contributed by atoms with E-state index in [-0.39, 0.29) is 18.0 Å². The van der Waals surface area contributed by atoms with Gasteiger partial charge in [0, 0.05) is 32.4 Å². The van der Waals surface area contributed by atoms with E-state index in [0.29, 0.717) is 42.3 Å². The van der Waals surface area contributed by atoms with Crippen LogP contribution in [0.4, 0.5) is 5.69 Å². The number of piperazine rings is 1. The van der Waals surface area contributed by atoms with Crippen LogP contribution in [-0.2, 0) is 11.3 Å². The lowest BCUT2D eigenvalue weighted by Gasteiger charge is -2.36. The SMILES string of the molecule is Cc1nn(-c2ccccc2)c2ccn(CC(=O)N3CCN(c4ccccc4Cl)CC3)c(=O)c12. The third kappa shape index (κ3) is 4.00. The quantitative estimate of drug-likeness (QED) is 0.466. The number of benzene rings is 2. The largest absolute Gasteiger partial charge is 0.367 e. The number of rotatable bonds is 4. The molecule has 2 aromatic heterocycles. The van der Waals surface area contributed by atoms with Crippen molar-refractivity contribution in [3.05, 3.63) is 87.9 Å². The average molecular weight is 462 g/mol. The predicted molar refractivity (Wildman–Crippen MR) is 130 cm³/mol. The first-order valence-corrected chi connectivity index (χ1v) is 11.3. The highest BCUT2D eigenvalue weighted by Crippen LogP contribution is 2.26. The first-order chi connectivity index (χ1) is 16.0. The maximum Gasteiger partial charge on any atom is 0.262 e. The molecule has 5 rings (SSSR count). The summed E-state index contributed by atoms with van der Waals surface area (Å²) >= 11 is 6.32. The van der Waals surface area contributed by atoms with Gasteiger partial charge >= 0.3 is 0 Å². The number of anilines is 1. The minimum atomic E-state index is -0.199. The van der Waals surface area contributed by atoms with E-state index in [0.717, 1.165) is 16.9 Å². The van der Waals surface area contributed by atoms with Crippen LogP contribution in [0.5, 0.6) is 0 Å². The van der Waals surface area contributed by atoms with Gasteiger partial charge in [-0.25, -0.2) is 4.68 Å². The number of halogens is 1. The van der Waals surface area contributed by atoms with Crippen molar-refractivity contribution >= 4 is 34.1 Å². The molecule has 1 aliphatic rings. The van der Waals surface area contributed by atoms with Crippen LogP contribution in [0.3, 0.4) is 0 Å². The summed E-state index contributed by atoms with van der Waals surface area (Å²) in [6, 6.07) is 19.3. The monoisotopic (exact) mass is 461 g/mol. The van der Waals surface area contributed by atoms with Crippen molar-refractivity contribution in [3.8, 4) is 5.69 Å². The third-order valence-electron chi connectivity index (χ3n) is 6.12. The molecule has 1 fully saturated rings. The summed E-state index contributed by atoms with van der Waals surface area (Å²) in [5.41, 5.74) is 3.06. The molecule has 7 nitrogen and oxygen atoms in total. The molecule has 0 unspecified atom stereocenters. The van der Waals surface area contributed by atoms with Crippen molar-refractivity contribution in [3.63, 3.8) is 0 Å². The second-order valence-corrected chi connectivity index (χ2v) is 8.57. The zero-order valence-corrected chi connectivity index (χ0v) is 19.1. The number of pyridine rings is 1. The van der Waals surface area contributed by atoms with Crippen molar-refractivity contribution in [2.24, 2.45) is 0 Å². The molecule has 33 heavy (non-hydrogen) atoms. The molecule has 0 bridgehead atoms. The summed E-state index contributed by atoms with van der Waals surface area (Å²) in [5.74, 6) is -0.0663. The number of aryl methyl sites for hydroxylation is 1. The lowest BCUT2D eigenvalue weighted by atomic mass is 10.2. The van der Waals surface area contributed by atoms with Gasteiger partial charge in [0.05, 0.1) is 33.0 Å².